The molecule has 0 spiro atoms. The lowest BCUT2D eigenvalue weighted by atomic mass is 10.2. The van der Waals surface area contributed by atoms with Gasteiger partial charge in [-0.2, -0.15) is 4.31 Å². The molecule has 154 valence electrons. The number of carbonyl (C=O) groups is 2. The number of rotatable bonds is 7. The Balaban J connectivity index is 1.56. The summed E-state index contributed by atoms with van der Waals surface area (Å²) in [5.74, 6) is -0.860. The zero-order valence-electron chi connectivity index (χ0n) is 16.0. The van der Waals surface area contributed by atoms with Crippen molar-refractivity contribution >= 4 is 27.6 Å². The normalized spacial score (nSPS) is 14.4. The molecule has 0 unspecified atom stereocenters. The van der Waals surface area contributed by atoms with Gasteiger partial charge >= 0.3 is 5.97 Å². The van der Waals surface area contributed by atoms with Crippen LogP contribution in [-0.4, -0.2) is 51.4 Å². The molecule has 9 heteroatoms. The fourth-order valence-electron chi connectivity index (χ4n) is 3.01. The van der Waals surface area contributed by atoms with Crippen molar-refractivity contribution in [2.24, 2.45) is 0 Å². The quantitative estimate of drug-likeness (QED) is 0.692. The van der Waals surface area contributed by atoms with Crippen LogP contribution in [0.4, 0.5) is 5.69 Å². The van der Waals surface area contributed by atoms with Crippen LogP contribution in [0.3, 0.4) is 0 Å². The topological polar surface area (TPSA) is 102 Å². The average Bonchev–Trinajstić information content (AvgIpc) is 3.28. The number of anilines is 1. The van der Waals surface area contributed by atoms with Crippen molar-refractivity contribution in [2.45, 2.75) is 17.7 Å². The fraction of sp³-hybridized carbons (Fsp3) is 0.300. The predicted molar refractivity (Wildman–Crippen MR) is 106 cm³/mol. The summed E-state index contributed by atoms with van der Waals surface area (Å²) < 4.78 is 36.6. The summed E-state index contributed by atoms with van der Waals surface area (Å²) in [5.41, 5.74) is 0.628. The smallest absolute Gasteiger partial charge is 0.342 e. The summed E-state index contributed by atoms with van der Waals surface area (Å²) in [4.78, 5) is 24.3. The number of esters is 1. The van der Waals surface area contributed by atoms with Crippen LogP contribution < -0.4 is 10.1 Å². The van der Waals surface area contributed by atoms with E-state index in [1.54, 1.807) is 24.3 Å². The van der Waals surface area contributed by atoms with Crippen LogP contribution in [0.25, 0.3) is 0 Å². The molecule has 0 radical (unpaired) electrons. The van der Waals surface area contributed by atoms with Gasteiger partial charge in [-0.1, -0.05) is 12.1 Å². The summed E-state index contributed by atoms with van der Waals surface area (Å²) >= 11 is 0. The molecular formula is C20H22N2O6S. The Morgan fingerprint density at radius 2 is 1.69 bits per heavy atom. The summed E-state index contributed by atoms with van der Waals surface area (Å²) in [6.45, 7) is 0.571. The molecule has 1 saturated heterocycles. The highest BCUT2D eigenvalue weighted by atomic mass is 32.2. The first kappa shape index (κ1) is 20.8. The van der Waals surface area contributed by atoms with Gasteiger partial charge in [0.25, 0.3) is 5.91 Å². The van der Waals surface area contributed by atoms with Crippen molar-refractivity contribution < 1.29 is 27.5 Å². The van der Waals surface area contributed by atoms with Gasteiger partial charge < -0.3 is 14.8 Å². The monoisotopic (exact) mass is 418 g/mol. The Labute approximate surface area is 169 Å². The third kappa shape index (κ3) is 4.93. The molecule has 3 rings (SSSR count). The largest absolute Gasteiger partial charge is 0.496 e. The number of carbonyl (C=O) groups excluding carboxylic acids is 2. The highest BCUT2D eigenvalue weighted by Crippen LogP contribution is 2.22. The lowest BCUT2D eigenvalue weighted by Gasteiger charge is -2.15. The van der Waals surface area contributed by atoms with Crippen LogP contribution >= 0.6 is 0 Å². The van der Waals surface area contributed by atoms with E-state index >= 15 is 0 Å². The van der Waals surface area contributed by atoms with Crippen molar-refractivity contribution in [3.8, 4) is 5.75 Å². The fourth-order valence-corrected chi connectivity index (χ4v) is 4.52. The van der Waals surface area contributed by atoms with Crippen molar-refractivity contribution in [1.82, 2.24) is 4.31 Å². The Hall–Kier alpha value is -2.91. The van der Waals surface area contributed by atoms with Gasteiger partial charge in [-0.05, 0) is 49.2 Å². The second kappa shape index (κ2) is 9.06. The molecule has 8 nitrogen and oxygen atoms in total. The second-order valence-corrected chi connectivity index (χ2v) is 8.40. The molecule has 1 heterocycles. The van der Waals surface area contributed by atoms with Gasteiger partial charge in [-0.25, -0.2) is 13.2 Å². The van der Waals surface area contributed by atoms with Crippen LogP contribution in [0, 0.1) is 0 Å². The minimum Gasteiger partial charge on any atom is -0.496 e. The minimum absolute atomic E-state index is 0.181. The molecule has 2 aromatic rings. The van der Waals surface area contributed by atoms with E-state index in [0.717, 1.165) is 12.8 Å². The van der Waals surface area contributed by atoms with Gasteiger partial charge in [0.1, 0.15) is 11.3 Å². The summed E-state index contributed by atoms with van der Waals surface area (Å²) in [5, 5.41) is 2.57. The standard InChI is InChI=1S/C20H22N2O6S/c1-27-18-7-3-2-6-17(18)20(24)28-14-19(23)21-15-8-10-16(11-9-15)29(25,26)22-12-4-5-13-22/h2-3,6-11H,4-5,12-14H2,1H3,(H,21,23). The number of ether oxygens (including phenoxy) is 2. The molecule has 1 fully saturated rings. The first-order chi connectivity index (χ1) is 13.9. The van der Waals surface area contributed by atoms with E-state index in [-0.39, 0.29) is 10.5 Å². The molecule has 29 heavy (non-hydrogen) atoms. The third-order valence-corrected chi connectivity index (χ3v) is 6.41. The van der Waals surface area contributed by atoms with E-state index in [0.29, 0.717) is 24.5 Å². The third-order valence-electron chi connectivity index (χ3n) is 4.50. The molecule has 1 aliphatic heterocycles. The number of hydrogen-bond donors (Lipinski definition) is 1. The SMILES string of the molecule is COc1ccccc1C(=O)OCC(=O)Nc1ccc(S(=O)(=O)N2CCCC2)cc1. The zero-order valence-corrected chi connectivity index (χ0v) is 16.8. The maximum Gasteiger partial charge on any atom is 0.342 e. The van der Waals surface area contributed by atoms with E-state index in [9.17, 15) is 18.0 Å². The second-order valence-electron chi connectivity index (χ2n) is 6.46. The van der Waals surface area contributed by atoms with E-state index < -0.39 is 28.5 Å². The number of nitrogens with one attached hydrogen (secondary N) is 1. The first-order valence-electron chi connectivity index (χ1n) is 9.12. The average molecular weight is 418 g/mol. The highest BCUT2D eigenvalue weighted by Gasteiger charge is 2.27. The van der Waals surface area contributed by atoms with Crippen LogP contribution in [0.15, 0.2) is 53.4 Å². The Morgan fingerprint density at radius 3 is 2.34 bits per heavy atom. The minimum atomic E-state index is -3.50. The van der Waals surface area contributed by atoms with E-state index in [1.165, 1.54) is 35.7 Å². The summed E-state index contributed by atoms with van der Waals surface area (Å²) in [7, 11) is -2.07. The van der Waals surface area contributed by atoms with Crippen LogP contribution in [0.5, 0.6) is 5.75 Å². The van der Waals surface area contributed by atoms with Crippen molar-refractivity contribution in [2.75, 3.05) is 32.1 Å². The summed E-state index contributed by atoms with van der Waals surface area (Å²) in [6.07, 6.45) is 1.72. The molecule has 2 aromatic carbocycles. The van der Waals surface area contributed by atoms with Crippen LogP contribution in [-0.2, 0) is 19.6 Å². The van der Waals surface area contributed by atoms with Gasteiger partial charge in [0, 0.05) is 18.8 Å². The number of amides is 1. The number of hydrogen-bond acceptors (Lipinski definition) is 6. The Morgan fingerprint density at radius 1 is 1.03 bits per heavy atom. The van der Waals surface area contributed by atoms with Gasteiger partial charge in [0.05, 0.1) is 12.0 Å². The molecule has 1 aliphatic rings. The van der Waals surface area contributed by atoms with E-state index in [1.807, 2.05) is 0 Å². The molecule has 1 amide bonds. The number of benzene rings is 2. The lowest BCUT2D eigenvalue weighted by molar-refractivity contribution is -0.119. The number of para-hydroxylation sites is 1. The molecule has 0 aromatic heterocycles. The van der Waals surface area contributed by atoms with Crippen molar-refractivity contribution in [1.29, 1.82) is 0 Å². The molecule has 0 atom stereocenters. The van der Waals surface area contributed by atoms with Crippen molar-refractivity contribution in [3.63, 3.8) is 0 Å². The maximum absolute atomic E-state index is 12.5. The van der Waals surface area contributed by atoms with Crippen molar-refractivity contribution in [3.05, 3.63) is 54.1 Å². The number of sulfonamides is 1. The Bertz CT molecular complexity index is 982. The first-order valence-corrected chi connectivity index (χ1v) is 10.6. The Kier molecular flexibility index (Phi) is 6.50. The van der Waals surface area contributed by atoms with Gasteiger partial charge in [-0.3, -0.25) is 4.79 Å². The van der Waals surface area contributed by atoms with Gasteiger partial charge in [-0.15, -0.1) is 0 Å². The molecule has 0 bridgehead atoms. The number of nitrogens with zero attached hydrogens (tertiary/aromatic N) is 1. The maximum atomic E-state index is 12.5. The van der Waals surface area contributed by atoms with E-state index in [2.05, 4.69) is 5.32 Å². The van der Waals surface area contributed by atoms with E-state index in [4.69, 9.17) is 9.47 Å². The molecule has 1 N–H and O–H groups in total. The molecular weight excluding hydrogens is 396 g/mol. The van der Waals surface area contributed by atoms with Crippen LogP contribution in [0.1, 0.15) is 23.2 Å². The lowest BCUT2D eigenvalue weighted by Crippen LogP contribution is -2.27. The van der Waals surface area contributed by atoms with Gasteiger partial charge in [0.15, 0.2) is 6.61 Å². The van der Waals surface area contributed by atoms with Crippen LogP contribution in [0.2, 0.25) is 0 Å². The summed E-state index contributed by atoms with van der Waals surface area (Å²) in [6, 6.07) is 12.4. The highest BCUT2D eigenvalue weighted by molar-refractivity contribution is 7.89. The molecule has 0 aliphatic carbocycles. The van der Waals surface area contributed by atoms with Gasteiger partial charge in [0.2, 0.25) is 10.0 Å². The number of methoxy groups -OCH3 is 1. The predicted octanol–water partition coefficient (Wildman–Crippen LogP) is 2.28. The zero-order chi connectivity index (χ0) is 20.9. The molecule has 0 saturated carbocycles.